The molecule has 20 heavy (non-hydrogen) atoms. The SMILES string of the molecule is FC(F)(F)C(=C(Br)Br)c1ccc(-c2ccccc2)cc1. The molecule has 0 atom stereocenters. The van der Waals surface area contributed by atoms with Crippen molar-refractivity contribution in [2.75, 3.05) is 0 Å². The van der Waals surface area contributed by atoms with Crippen molar-refractivity contribution in [3.8, 4) is 11.1 Å². The first-order valence-corrected chi connectivity index (χ1v) is 7.26. The van der Waals surface area contributed by atoms with Gasteiger partial charge in [-0.3, -0.25) is 0 Å². The second kappa shape index (κ2) is 6.14. The molecule has 2 aromatic rings. The zero-order valence-electron chi connectivity index (χ0n) is 10.1. The van der Waals surface area contributed by atoms with Gasteiger partial charge >= 0.3 is 6.18 Å². The number of hydrogen-bond donors (Lipinski definition) is 0. The van der Waals surface area contributed by atoms with E-state index in [2.05, 4.69) is 31.9 Å². The Morgan fingerprint density at radius 2 is 1.25 bits per heavy atom. The summed E-state index contributed by atoms with van der Waals surface area (Å²) in [5, 5.41) is 0. The van der Waals surface area contributed by atoms with Crippen molar-refractivity contribution in [2.24, 2.45) is 0 Å². The third-order valence-corrected chi connectivity index (χ3v) is 3.55. The van der Waals surface area contributed by atoms with Crippen LogP contribution in [0, 0.1) is 0 Å². The number of allylic oxidation sites excluding steroid dienone is 1. The van der Waals surface area contributed by atoms with Gasteiger partial charge in [0.2, 0.25) is 0 Å². The third kappa shape index (κ3) is 3.52. The van der Waals surface area contributed by atoms with E-state index in [9.17, 15) is 13.2 Å². The number of benzene rings is 2. The van der Waals surface area contributed by atoms with Crippen molar-refractivity contribution in [3.05, 3.63) is 63.6 Å². The Morgan fingerprint density at radius 1 is 0.750 bits per heavy atom. The minimum atomic E-state index is -4.42. The molecule has 0 nitrogen and oxygen atoms in total. The topological polar surface area (TPSA) is 0 Å². The molecule has 0 amide bonds. The highest BCUT2D eigenvalue weighted by molar-refractivity contribution is 9.28. The minimum Gasteiger partial charge on any atom is -0.166 e. The molecule has 0 aromatic heterocycles. The standard InChI is InChI=1S/C15H9Br2F3/c16-14(17)13(15(18,19)20)12-8-6-11(7-9-12)10-4-2-1-3-5-10/h1-9H. The molecular weight excluding hydrogens is 397 g/mol. The molecule has 104 valence electrons. The summed E-state index contributed by atoms with van der Waals surface area (Å²) < 4.78 is 38.8. The van der Waals surface area contributed by atoms with E-state index in [4.69, 9.17) is 0 Å². The van der Waals surface area contributed by atoms with Crippen molar-refractivity contribution in [2.45, 2.75) is 6.18 Å². The molecule has 0 unspecified atom stereocenters. The van der Waals surface area contributed by atoms with Crippen molar-refractivity contribution < 1.29 is 13.2 Å². The number of rotatable bonds is 2. The molecule has 2 aromatic carbocycles. The van der Waals surface area contributed by atoms with Crippen LogP contribution in [0.15, 0.2) is 58.0 Å². The molecule has 0 fully saturated rings. The van der Waals surface area contributed by atoms with E-state index in [1.54, 1.807) is 12.1 Å². The molecule has 0 aliphatic rings. The molecule has 2 rings (SSSR count). The third-order valence-electron chi connectivity index (χ3n) is 2.75. The van der Waals surface area contributed by atoms with Crippen LogP contribution in [0.25, 0.3) is 16.7 Å². The largest absolute Gasteiger partial charge is 0.418 e. The number of halogens is 5. The normalized spacial score (nSPS) is 11.2. The molecule has 0 spiro atoms. The van der Waals surface area contributed by atoms with E-state index in [1.807, 2.05) is 30.3 Å². The lowest BCUT2D eigenvalue weighted by molar-refractivity contribution is -0.0688. The first-order chi connectivity index (χ1) is 9.39. The summed E-state index contributed by atoms with van der Waals surface area (Å²) in [6.45, 7) is 0. The van der Waals surface area contributed by atoms with Gasteiger partial charge < -0.3 is 0 Å². The van der Waals surface area contributed by atoms with Crippen LogP contribution >= 0.6 is 31.9 Å². The Balaban J connectivity index is 2.41. The van der Waals surface area contributed by atoms with Crippen LogP contribution in [-0.4, -0.2) is 6.18 Å². The van der Waals surface area contributed by atoms with Gasteiger partial charge in [-0.2, -0.15) is 13.2 Å². The molecule has 5 heteroatoms. The van der Waals surface area contributed by atoms with Crippen molar-refractivity contribution >= 4 is 37.4 Å². The van der Waals surface area contributed by atoms with E-state index < -0.39 is 11.7 Å². The Hall–Kier alpha value is -1.07. The van der Waals surface area contributed by atoms with Gasteiger partial charge in [-0.05, 0) is 48.6 Å². The molecule has 0 N–H and O–H groups in total. The van der Waals surface area contributed by atoms with Crippen molar-refractivity contribution in [1.29, 1.82) is 0 Å². The fraction of sp³-hybridized carbons (Fsp3) is 0.0667. The summed E-state index contributed by atoms with van der Waals surface area (Å²) in [5.41, 5.74) is 1.23. The number of alkyl halides is 3. The van der Waals surface area contributed by atoms with Gasteiger partial charge in [0.25, 0.3) is 0 Å². The lowest BCUT2D eigenvalue weighted by Gasteiger charge is -2.13. The van der Waals surface area contributed by atoms with Gasteiger partial charge in [-0.1, -0.05) is 54.6 Å². The predicted octanol–water partition coefficient (Wildman–Crippen LogP) is 6.37. The van der Waals surface area contributed by atoms with Crippen molar-refractivity contribution in [3.63, 3.8) is 0 Å². The quantitative estimate of drug-likeness (QED) is 0.544. The van der Waals surface area contributed by atoms with E-state index in [1.165, 1.54) is 12.1 Å². The van der Waals surface area contributed by atoms with E-state index in [0.717, 1.165) is 11.1 Å². The van der Waals surface area contributed by atoms with Crippen LogP contribution in [0.2, 0.25) is 0 Å². The van der Waals surface area contributed by atoms with Crippen LogP contribution < -0.4 is 0 Å². The first kappa shape index (κ1) is 15.3. The average molecular weight is 406 g/mol. The summed E-state index contributed by atoms with van der Waals surface area (Å²) in [6.07, 6.45) is -4.42. The number of hydrogen-bond acceptors (Lipinski definition) is 0. The maximum atomic E-state index is 13.0. The van der Waals surface area contributed by atoms with E-state index in [0.29, 0.717) is 0 Å². The second-order valence-corrected chi connectivity index (χ2v) is 6.73. The minimum absolute atomic E-state index is 0.107. The summed E-state index contributed by atoms with van der Waals surface area (Å²) in [5.74, 6) is 0. The zero-order valence-corrected chi connectivity index (χ0v) is 13.3. The lowest BCUT2D eigenvalue weighted by atomic mass is 10.0. The Labute approximate surface area is 131 Å². The molecule has 0 saturated carbocycles. The molecule has 0 aliphatic carbocycles. The molecule has 0 bridgehead atoms. The van der Waals surface area contributed by atoms with Crippen LogP contribution in [0.3, 0.4) is 0 Å². The second-order valence-electron chi connectivity index (χ2n) is 4.08. The lowest BCUT2D eigenvalue weighted by Crippen LogP contribution is -2.11. The van der Waals surface area contributed by atoms with Crippen LogP contribution in [0.4, 0.5) is 13.2 Å². The fourth-order valence-electron chi connectivity index (χ4n) is 1.84. The highest BCUT2D eigenvalue weighted by Gasteiger charge is 2.36. The molecule has 0 radical (unpaired) electrons. The van der Waals surface area contributed by atoms with E-state index in [-0.39, 0.29) is 8.96 Å². The smallest absolute Gasteiger partial charge is 0.166 e. The highest BCUT2D eigenvalue weighted by atomic mass is 79.9. The van der Waals surface area contributed by atoms with Gasteiger partial charge in [0.15, 0.2) is 0 Å². The molecule has 0 heterocycles. The Morgan fingerprint density at radius 3 is 1.70 bits per heavy atom. The predicted molar refractivity (Wildman–Crippen MR) is 82.7 cm³/mol. The van der Waals surface area contributed by atoms with Gasteiger partial charge in [0.1, 0.15) is 0 Å². The average Bonchev–Trinajstić information content (AvgIpc) is 2.38. The van der Waals surface area contributed by atoms with Crippen molar-refractivity contribution in [1.82, 2.24) is 0 Å². The van der Waals surface area contributed by atoms with Crippen LogP contribution in [-0.2, 0) is 0 Å². The van der Waals surface area contributed by atoms with Gasteiger partial charge in [0, 0.05) is 0 Å². The monoisotopic (exact) mass is 404 g/mol. The van der Waals surface area contributed by atoms with E-state index >= 15 is 0 Å². The maximum absolute atomic E-state index is 13.0. The van der Waals surface area contributed by atoms with Gasteiger partial charge in [-0.25, -0.2) is 0 Å². The summed E-state index contributed by atoms with van der Waals surface area (Å²) >= 11 is 5.71. The summed E-state index contributed by atoms with van der Waals surface area (Å²) in [6, 6.07) is 15.8. The van der Waals surface area contributed by atoms with Crippen LogP contribution in [0.1, 0.15) is 5.56 Å². The zero-order chi connectivity index (χ0) is 14.8. The molecule has 0 aliphatic heterocycles. The molecule has 0 saturated heterocycles. The van der Waals surface area contributed by atoms with Gasteiger partial charge in [-0.15, -0.1) is 0 Å². The summed E-state index contributed by atoms with van der Waals surface area (Å²) in [4.78, 5) is 0. The Bertz CT molecular complexity index is 610. The summed E-state index contributed by atoms with van der Waals surface area (Å²) in [7, 11) is 0. The van der Waals surface area contributed by atoms with Gasteiger partial charge in [0.05, 0.1) is 8.96 Å². The van der Waals surface area contributed by atoms with Crippen LogP contribution in [0.5, 0.6) is 0 Å². The maximum Gasteiger partial charge on any atom is 0.418 e. The Kier molecular flexibility index (Phi) is 4.70. The highest BCUT2D eigenvalue weighted by Crippen LogP contribution is 2.40. The first-order valence-electron chi connectivity index (χ1n) is 5.68. The fourth-order valence-corrected chi connectivity index (χ4v) is 2.75. The molecular formula is C15H9Br2F3.